The molecule has 0 saturated heterocycles. The molecule has 0 aliphatic carbocycles. The number of carbonyl (C=O) groups is 2. The molecule has 3 aromatic rings. The summed E-state index contributed by atoms with van der Waals surface area (Å²) in [5, 5.41) is 10.0. The molecule has 1 aromatic heterocycles. The van der Waals surface area contributed by atoms with E-state index in [2.05, 4.69) is 6.58 Å². The van der Waals surface area contributed by atoms with E-state index in [0.29, 0.717) is 23.7 Å². The van der Waals surface area contributed by atoms with Gasteiger partial charge in [-0.3, -0.25) is 9.59 Å². The first-order chi connectivity index (χ1) is 14.3. The van der Waals surface area contributed by atoms with Gasteiger partial charge in [0.2, 0.25) is 5.91 Å². The molecule has 7 heteroatoms. The Morgan fingerprint density at radius 3 is 2.57 bits per heavy atom. The summed E-state index contributed by atoms with van der Waals surface area (Å²) in [5.41, 5.74) is 9.30. The second-order valence-electron chi connectivity index (χ2n) is 7.03. The van der Waals surface area contributed by atoms with Crippen molar-refractivity contribution in [1.82, 2.24) is 0 Å². The molecule has 0 bridgehead atoms. The zero-order valence-corrected chi connectivity index (χ0v) is 16.9. The molecule has 7 nitrogen and oxygen atoms in total. The van der Waals surface area contributed by atoms with Crippen LogP contribution in [0.1, 0.15) is 39.7 Å². The van der Waals surface area contributed by atoms with E-state index in [1.54, 1.807) is 13.2 Å². The first-order valence-corrected chi connectivity index (χ1v) is 9.26. The number of fused-ring (bicyclic) bond motifs is 1. The molecule has 0 aliphatic heterocycles. The van der Waals surface area contributed by atoms with Gasteiger partial charge in [0.05, 0.1) is 6.42 Å². The topological polar surface area (TPSA) is 112 Å². The number of nitrogens with two attached hydrogens (primary N) is 1. The Hall–Kier alpha value is -3.58. The van der Waals surface area contributed by atoms with Crippen LogP contribution < -0.4 is 10.5 Å². The fraction of sp³-hybridized carbons (Fsp3) is 0.217. The first-order valence-electron chi connectivity index (χ1n) is 9.26. The van der Waals surface area contributed by atoms with Crippen LogP contribution in [0.5, 0.6) is 5.75 Å². The lowest BCUT2D eigenvalue weighted by atomic mass is 10.0. The molecule has 1 heterocycles. The van der Waals surface area contributed by atoms with E-state index in [0.717, 1.165) is 27.7 Å². The van der Waals surface area contributed by atoms with Gasteiger partial charge in [0.15, 0.2) is 0 Å². The summed E-state index contributed by atoms with van der Waals surface area (Å²) in [6.45, 7) is 6.43. The predicted octanol–water partition coefficient (Wildman–Crippen LogP) is 3.92. The number of methoxy groups -OCH3 is 1. The number of carboxylic acid groups (broad SMARTS) is 1. The summed E-state index contributed by atoms with van der Waals surface area (Å²) >= 11 is 0. The highest BCUT2D eigenvalue weighted by Crippen LogP contribution is 2.30. The average Bonchev–Trinajstić information content (AvgIpc) is 3.08. The van der Waals surface area contributed by atoms with Crippen LogP contribution in [0.3, 0.4) is 0 Å². The van der Waals surface area contributed by atoms with Crippen LogP contribution in [0.15, 0.2) is 47.4 Å². The minimum Gasteiger partial charge on any atom is -0.489 e. The van der Waals surface area contributed by atoms with Gasteiger partial charge in [-0.2, -0.15) is 0 Å². The van der Waals surface area contributed by atoms with Crippen LogP contribution in [0.2, 0.25) is 0 Å². The number of hydrogen-bond donors (Lipinski definition) is 2. The van der Waals surface area contributed by atoms with E-state index in [4.69, 9.17) is 24.7 Å². The van der Waals surface area contributed by atoms with Gasteiger partial charge in [0.1, 0.15) is 30.3 Å². The number of carboxylic acids is 1. The molecule has 2 aromatic carbocycles. The van der Waals surface area contributed by atoms with E-state index in [9.17, 15) is 9.59 Å². The highest BCUT2D eigenvalue weighted by molar-refractivity contribution is 5.93. The number of aliphatic carboxylic acids is 1. The predicted molar refractivity (Wildman–Crippen MR) is 112 cm³/mol. The number of carbonyl (C=O) groups excluding carboxylic acids is 1. The quantitative estimate of drug-likeness (QED) is 0.554. The molecule has 0 radical (unpaired) electrons. The lowest BCUT2D eigenvalue weighted by molar-refractivity contribution is -0.136. The molecular formula is C23H23NO6. The van der Waals surface area contributed by atoms with Gasteiger partial charge in [-0.15, -0.1) is 0 Å². The minimum absolute atomic E-state index is 0.163. The summed E-state index contributed by atoms with van der Waals surface area (Å²) in [4.78, 5) is 22.7. The van der Waals surface area contributed by atoms with Crippen molar-refractivity contribution in [1.29, 1.82) is 0 Å². The Bertz CT molecular complexity index is 1130. The summed E-state index contributed by atoms with van der Waals surface area (Å²) in [5.74, 6) is -0.609. The Morgan fingerprint density at radius 1 is 1.17 bits per heavy atom. The van der Waals surface area contributed by atoms with Crippen LogP contribution in [0.4, 0.5) is 0 Å². The number of rotatable bonds is 9. The molecule has 1 amide bonds. The van der Waals surface area contributed by atoms with Crippen molar-refractivity contribution in [2.45, 2.75) is 26.6 Å². The second kappa shape index (κ2) is 8.84. The van der Waals surface area contributed by atoms with Gasteiger partial charge >= 0.3 is 5.97 Å². The van der Waals surface area contributed by atoms with Crippen molar-refractivity contribution in [3.05, 3.63) is 71.0 Å². The number of primary amides is 1. The number of allylic oxidation sites excluding steroid dienone is 1. The van der Waals surface area contributed by atoms with Gasteiger partial charge in [0, 0.05) is 29.2 Å². The van der Waals surface area contributed by atoms with Crippen LogP contribution >= 0.6 is 0 Å². The Labute approximate surface area is 173 Å². The Balaban J connectivity index is 1.94. The lowest BCUT2D eigenvalue weighted by Gasteiger charge is -2.13. The maximum Gasteiger partial charge on any atom is 0.307 e. The SMILES string of the molecule is C=C(C)c1cc(COc2cc(C(N)=O)ccc2CC(=O)O)cc2cc(COC)oc12. The Morgan fingerprint density at radius 2 is 1.93 bits per heavy atom. The number of amides is 1. The maximum absolute atomic E-state index is 11.5. The van der Waals surface area contributed by atoms with Gasteiger partial charge in [0.25, 0.3) is 0 Å². The van der Waals surface area contributed by atoms with Crippen LogP contribution in [-0.4, -0.2) is 24.1 Å². The van der Waals surface area contributed by atoms with E-state index in [1.165, 1.54) is 12.1 Å². The third-order valence-electron chi connectivity index (χ3n) is 4.56. The standard InChI is InChI=1S/C23H23NO6/c1-13(2)19-7-14(6-17-8-18(12-28-3)30-22(17)19)11-29-20-9-16(23(24)27)5-4-15(20)10-21(25)26/h4-9H,1,10-12H2,2-3H3,(H2,24,27)(H,25,26). The Kier molecular flexibility index (Phi) is 6.23. The molecule has 30 heavy (non-hydrogen) atoms. The zero-order valence-electron chi connectivity index (χ0n) is 16.9. The van der Waals surface area contributed by atoms with Crippen molar-refractivity contribution >= 4 is 28.4 Å². The second-order valence-corrected chi connectivity index (χ2v) is 7.03. The molecule has 3 rings (SSSR count). The third kappa shape index (κ3) is 4.69. The van der Waals surface area contributed by atoms with E-state index in [1.807, 2.05) is 25.1 Å². The number of hydrogen-bond acceptors (Lipinski definition) is 5. The van der Waals surface area contributed by atoms with Crippen LogP contribution in [-0.2, 0) is 29.2 Å². The molecule has 0 saturated carbocycles. The fourth-order valence-electron chi connectivity index (χ4n) is 3.19. The van der Waals surface area contributed by atoms with E-state index < -0.39 is 11.9 Å². The highest BCUT2D eigenvalue weighted by Gasteiger charge is 2.14. The van der Waals surface area contributed by atoms with Gasteiger partial charge in [-0.05, 0) is 48.4 Å². The van der Waals surface area contributed by atoms with Gasteiger partial charge < -0.3 is 24.7 Å². The van der Waals surface area contributed by atoms with Crippen LogP contribution in [0, 0.1) is 0 Å². The van der Waals surface area contributed by atoms with Crippen molar-refractivity contribution in [2.75, 3.05) is 7.11 Å². The molecule has 0 unspecified atom stereocenters. The van der Waals surface area contributed by atoms with Gasteiger partial charge in [-0.1, -0.05) is 12.6 Å². The summed E-state index contributed by atoms with van der Waals surface area (Å²) in [6, 6.07) is 10.2. The number of benzene rings is 2. The normalized spacial score (nSPS) is 10.9. The largest absolute Gasteiger partial charge is 0.489 e. The summed E-state index contributed by atoms with van der Waals surface area (Å²) < 4.78 is 16.9. The maximum atomic E-state index is 11.5. The molecule has 0 atom stereocenters. The number of furan rings is 1. The van der Waals surface area contributed by atoms with Gasteiger partial charge in [-0.25, -0.2) is 0 Å². The number of ether oxygens (including phenoxy) is 2. The monoisotopic (exact) mass is 409 g/mol. The fourth-order valence-corrected chi connectivity index (χ4v) is 3.19. The third-order valence-corrected chi connectivity index (χ3v) is 4.56. The zero-order chi connectivity index (χ0) is 21.8. The van der Waals surface area contributed by atoms with Crippen molar-refractivity contribution in [3.63, 3.8) is 0 Å². The summed E-state index contributed by atoms with van der Waals surface area (Å²) in [6.07, 6.45) is -0.230. The van der Waals surface area contributed by atoms with Crippen LogP contribution in [0.25, 0.3) is 16.5 Å². The molecule has 0 fully saturated rings. The van der Waals surface area contributed by atoms with E-state index in [-0.39, 0.29) is 18.6 Å². The molecular weight excluding hydrogens is 386 g/mol. The molecule has 3 N–H and O–H groups in total. The van der Waals surface area contributed by atoms with Crippen molar-refractivity contribution in [3.8, 4) is 5.75 Å². The highest BCUT2D eigenvalue weighted by atomic mass is 16.5. The molecule has 156 valence electrons. The lowest BCUT2D eigenvalue weighted by Crippen LogP contribution is -2.12. The first kappa shape index (κ1) is 21.1. The smallest absolute Gasteiger partial charge is 0.307 e. The summed E-state index contributed by atoms with van der Waals surface area (Å²) in [7, 11) is 1.60. The molecule has 0 aliphatic rings. The average molecular weight is 409 g/mol. The van der Waals surface area contributed by atoms with E-state index >= 15 is 0 Å². The minimum atomic E-state index is -0.998. The van der Waals surface area contributed by atoms with Crippen molar-refractivity contribution < 1.29 is 28.6 Å². The molecule has 0 spiro atoms. The van der Waals surface area contributed by atoms with Crippen molar-refractivity contribution in [2.24, 2.45) is 5.73 Å².